The van der Waals surface area contributed by atoms with Crippen molar-refractivity contribution in [3.8, 4) is 17.2 Å². The summed E-state index contributed by atoms with van der Waals surface area (Å²) in [6, 6.07) is 9.78. The monoisotopic (exact) mass is 363 g/mol. The molecule has 1 heterocycles. The van der Waals surface area contributed by atoms with Gasteiger partial charge in [0.15, 0.2) is 11.5 Å². The third-order valence-corrected chi connectivity index (χ3v) is 4.28. The summed E-state index contributed by atoms with van der Waals surface area (Å²) in [4.78, 5) is 14.6. The van der Waals surface area contributed by atoms with Crippen LogP contribution < -0.4 is 19.1 Å². The Kier molecular flexibility index (Phi) is 5.25. The Balaban J connectivity index is 1.91. The highest BCUT2D eigenvalue weighted by atomic mass is 19.3. The Morgan fingerprint density at radius 2 is 1.88 bits per heavy atom. The molecule has 0 aromatic heterocycles. The first kappa shape index (κ1) is 18.0. The molecule has 0 bridgehead atoms. The molecule has 3 rings (SSSR count). The molecule has 1 aliphatic heterocycles. The largest absolute Gasteiger partial charge is 0.497 e. The van der Waals surface area contributed by atoms with Crippen molar-refractivity contribution in [2.75, 3.05) is 25.7 Å². The van der Waals surface area contributed by atoms with E-state index in [0.29, 0.717) is 12.1 Å². The molecule has 5 nitrogen and oxygen atoms in total. The number of anilines is 1. The van der Waals surface area contributed by atoms with Crippen LogP contribution in [0.3, 0.4) is 0 Å². The highest BCUT2D eigenvalue weighted by Crippen LogP contribution is 2.34. The number of hydrogen-bond donors (Lipinski definition) is 0. The van der Waals surface area contributed by atoms with Gasteiger partial charge in [-0.05, 0) is 54.8 Å². The minimum Gasteiger partial charge on any atom is -0.497 e. The molecule has 0 N–H and O–H groups in total. The van der Waals surface area contributed by atoms with Crippen molar-refractivity contribution in [1.82, 2.24) is 0 Å². The molecule has 1 amide bonds. The number of ether oxygens (including phenoxy) is 3. The van der Waals surface area contributed by atoms with Crippen LogP contribution in [0.2, 0.25) is 0 Å². The van der Waals surface area contributed by atoms with E-state index >= 15 is 0 Å². The second-order valence-corrected chi connectivity index (χ2v) is 5.80. The lowest BCUT2D eigenvalue weighted by molar-refractivity contribution is -0.0512. The van der Waals surface area contributed by atoms with E-state index in [2.05, 4.69) is 4.74 Å². The summed E-state index contributed by atoms with van der Waals surface area (Å²) in [6.07, 6.45) is 1.69. The maximum Gasteiger partial charge on any atom is 0.387 e. The van der Waals surface area contributed by atoms with Gasteiger partial charge in [0, 0.05) is 17.8 Å². The predicted octanol–water partition coefficient (Wildman–Crippen LogP) is 3.90. The molecule has 0 fully saturated rings. The van der Waals surface area contributed by atoms with Crippen LogP contribution in [-0.2, 0) is 6.42 Å². The molecule has 1 aliphatic rings. The fraction of sp³-hybridized carbons (Fsp3) is 0.316. The second kappa shape index (κ2) is 7.59. The zero-order chi connectivity index (χ0) is 18.7. The molecule has 0 unspecified atom stereocenters. The lowest BCUT2D eigenvalue weighted by Crippen LogP contribution is -2.35. The Bertz CT molecular complexity index is 810. The Morgan fingerprint density at radius 3 is 2.58 bits per heavy atom. The smallest absolute Gasteiger partial charge is 0.387 e. The Morgan fingerprint density at radius 1 is 1.08 bits per heavy atom. The number of hydrogen-bond acceptors (Lipinski definition) is 4. The van der Waals surface area contributed by atoms with Crippen LogP contribution in [0.1, 0.15) is 22.3 Å². The summed E-state index contributed by atoms with van der Waals surface area (Å²) >= 11 is 0. The molecular weight excluding hydrogens is 344 g/mol. The fourth-order valence-corrected chi connectivity index (χ4v) is 3.06. The van der Waals surface area contributed by atoms with Gasteiger partial charge in [-0.3, -0.25) is 4.79 Å². The highest BCUT2D eigenvalue weighted by Gasteiger charge is 2.25. The SMILES string of the molecule is COc1ccc2c(c1)CCCN2C(=O)c1ccc(OC(F)F)c(OC)c1. The van der Waals surface area contributed by atoms with Gasteiger partial charge in [-0.15, -0.1) is 0 Å². The number of fused-ring (bicyclic) bond motifs is 1. The van der Waals surface area contributed by atoms with Gasteiger partial charge in [0.2, 0.25) is 0 Å². The molecule has 0 saturated carbocycles. The molecule has 0 radical (unpaired) electrons. The number of alkyl halides is 2. The summed E-state index contributed by atoms with van der Waals surface area (Å²) in [5.74, 6) is 0.497. The second-order valence-electron chi connectivity index (χ2n) is 5.80. The fourth-order valence-electron chi connectivity index (χ4n) is 3.06. The lowest BCUT2D eigenvalue weighted by Gasteiger charge is -2.30. The first-order chi connectivity index (χ1) is 12.5. The number of carbonyl (C=O) groups excluding carboxylic acids is 1. The molecule has 0 aliphatic carbocycles. The van der Waals surface area contributed by atoms with Crippen LogP contribution in [-0.4, -0.2) is 33.3 Å². The summed E-state index contributed by atoms with van der Waals surface area (Å²) in [7, 11) is 2.94. The van der Waals surface area contributed by atoms with Crippen molar-refractivity contribution in [2.45, 2.75) is 19.5 Å². The van der Waals surface area contributed by atoms with E-state index in [-0.39, 0.29) is 17.4 Å². The maximum absolute atomic E-state index is 13.0. The van der Waals surface area contributed by atoms with Gasteiger partial charge in [0.1, 0.15) is 5.75 Å². The zero-order valence-corrected chi connectivity index (χ0v) is 14.5. The van der Waals surface area contributed by atoms with E-state index in [1.54, 1.807) is 12.0 Å². The molecule has 26 heavy (non-hydrogen) atoms. The first-order valence-electron chi connectivity index (χ1n) is 8.15. The van der Waals surface area contributed by atoms with Crippen molar-refractivity contribution in [3.05, 3.63) is 47.5 Å². The number of halogens is 2. The normalized spacial score (nSPS) is 13.3. The zero-order valence-electron chi connectivity index (χ0n) is 14.5. The number of rotatable bonds is 5. The number of aryl methyl sites for hydroxylation is 1. The molecule has 0 atom stereocenters. The van der Waals surface area contributed by atoms with E-state index in [9.17, 15) is 13.6 Å². The molecule has 0 spiro atoms. The van der Waals surface area contributed by atoms with Crippen LogP contribution in [0.5, 0.6) is 17.2 Å². The quantitative estimate of drug-likeness (QED) is 0.808. The number of carbonyl (C=O) groups is 1. The van der Waals surface area contributed by atoms with E-state index in [4.69, 9.17) is 9.47 Å². The number of benzene rings is 2. The summed E-state index contributed by atoms with van der Waals surface area (Å²) in [5, 5.41) is 0. The van der Waals surface area contributed by atoms with Crippen molar-refractivity contribution >= 4 is 11.6 Å². The van der Waals surface area contributed by atoms with Gasteiger partial charge in [0.25, 0.3) is 5.91 Å². The van der Waals surface area contributed by atoms with Crippen LogP contribution in [0.15, 0.2) is 36.4 Å². The molecule has 0 saturated heterocycles. The van der Waals surface area contributed by atoms with Crippen molar-refractivity contribution < 1.29 is 27.8 Å². The van der Waals surface area contributed by atoms with Crippen molar-refractivity contribution in [3.63, 3.8) is 0 Å². The summed E-state index contributed by atoms with van der Waals surface area (Å²) in [6.45, 7) is -2.38. The van der Waals surface area contributed by atoms with E-state index in [1.807, 2.05) is 18.2 Å². The molecule has 138 valence electrons. The van der Waals surface area contributed by atoms with Crippen LogP contribution in [0, 0.1) is 0 Å². The Hall–Kier alpha value is -2.83. The first-order valence-corrected chi connectivity index (χ1v) is 8.15. The number of nitrogens with zero attached hydrogens (tertiary/aromatic N) is 1. The predicted molar refractivity (Wildman–Crippen MR) is 92.6 cm³/mol. The van der Waals surface area contributed by atoms with Crippen molar-refractivity contribution in [1.29, 1.82) is 0 Å². The summed E-state index contributed by atoms with van der Waals surface area (Å²) in [5.41, 5.74) is 2.20. The maximum atomic E-state index is 13.0. The van der Waals surface area contributed by atoms with Gasteiger partial charge in [0.05, 0.1) is 14.2 Å². The average molecular weight is 363 g/mol. The van der Waals surface area contributed by atoms with Gasteiger partial charge < -0.3 is 19.1 Å². The van der Waals surface area contributed by atoms with Crippen LogP contribution >= 0.6 is 0 Å². The average Bonchev–Trinajstić information content (AvgIpc) is 2.66. The standard InChI is InChI=1S/C19H19F2NO4/c1-24-14-6-7-15-12(10-14)4-3-9-22(15)18(23)13-5-8-16(26-19(20)21)17(11-13)25-2/h5-8,10-11,19H,3-4,9H2,1-2H3. The minimum absolute atomic E-state index is 0.0862. The molecule has 7 heteroatoms. The van der Waals surface area contributed by atoms with E-state index < -0.39 is 6.61 Å². The van der Waals surface area contributed by atoms with E-state index in [0.717, 1.165) is 29.8 Å². The Labute approximate surface area is 150 Å². The highest BCUT2D eigenvalue weighted by molar-refractivity contribution is 6.07. The topological polar surface area (TPSA) is 48.0 Å². The molecular formula is C19H19F2NO4. The van der Waals surface area contributed by atoms with Gasteiger partial charge >= 0.3 is 6.61 Å². The molecule has 2 aromatic carbocycles. The minimum atomic E-state index is -2.96. The third kappa shape index (κ3) is 3.56. The number of methoxy groups -OCH3 is 2. The van der Waals surface area contributed by atoms with Gasteiger partial charge in [-0.1, -0.05) is 0 Å². The van der Waals surface area contributed by atoms with Gasteiger partial charge in [-0.25, -0.2) is 0 Å². The van der Waals surface area contributed by atoms with E-state index in [1.165, 1.54) is 25.3 Å². The van der Waals surface area contributed by atoms with Gasteiger partial charge in [-0.2, -0.15) is 8.78 Å². The van der Waals surface area contributed by atoms with Crippen LogP contribution in [0.25, 0.3) is 0 Å². The number of amides is 1. The van der Waals surface area contributed by atoms with Crippen LogP contribution in [0.4, 0.5) is 14.5 Å². The molecule has 2 aromatic rings. The van der Waals surface area contributed by atoms with Crippen molar-refractivity contribution in [2.24, 2.45) is 0 Å². The summed E-state index contributed by atoms with van der Waals surface area (Å²) < 4.78 is 39.6. The third-order valence-electron chi connectivity index (χ3n) is 4.28. The lowest BCUT2D eigenvalue weighted by atomic mass is 10.00.